The van der Waals surface area contributed by atoms with Crippen molar-refractivity contribution in [3.8, 4) is 0 Å². The molecule has 0 N–H and O–H groups in total. The molecule has 2 aromatic carbocycles. The summed E-state index contributed by atoms with van der Waals surface area (Å²) in [5, 5.41) is -0.433. The minimum atomic E-state index is -0.433. The molecule has 0 heterocycles. The molecule has 0 saturated heterocycles. The number of halogens is 2. The summed E-state index contributed by atoms with van der Waals surface area (Å²) in [5.74, 6) is 0. The summed E-state index contributed by atoms with van der Waals surface area (Å²) in [6.45, 7) is 0.397. The lowest BCUT2D eigenvalue weighted by molar-refractivity contribution is 0.108. The Hall–Kier alpha value is -1.35. The van der Waals surface area contributed by atoms with Crippen molar-refractivity contribution in [2.24, 2.45) is 0 Å². The fourth-order valence-corrected chi connectivity index (χ4v) is 2.06. The number of rotatable bonds is 5. The first-order valence-electron chi connectivity index (χ1n) is 5.79. The van der Waals surface area contributed by atoms with Crippen LogP contribution < -0.4 is 0 Å². The van der Waals surface area contributed by atoms with Gasteiger partial charge in [0.2, 0.25) is 0 Å². The van der Waals surface area contributed by atoms with Gasteiger partial charge in [-0.2, -0.15) is 0 Å². The number of carbonyl (C=O) groups excluding carboxylic acids is 1. The summed E-state index contributed by atoms with van der Waals surface area (Å²) in [4.78, 5) is 11.0. The molecule has 4 heteroatoms. The van der Waals surface area contributed by atoms with Crippen LogP contribution in [0.4, 0.5) is 0 Å². The highest BCUT2D eigenvalue weighted by Gasteiger charge is 2.02. The zero-order valence-electron chi connectivity index (χ0n) is 10.1. The molecular weight excluding hydrogens is 283 g/mol. The maximum atomic E-state index is 11.0. The number of hydrogen-bond donors (Lipinski definition) is 0. The number of benzene rings is 2. The number of hydrogen-bond acceptors (Lipinski definition) is 2. The van der Waals surface area contributed by atoms with Gasteiger partial charge >= 0.3 is 0 Å². The second-order valence-corrected chi connectivity index (χ2v) is 4.78. The van der Waals surface area contributed by atoms with Gasteiger partial charge in [-0.15, -0.1) is 0 Å². The molecule has 0 aromatic heterocycles. The first-order chi connectivity index (χ1) is 9.19. The van der Waals surface area contributed by atoms with E-state index in [4.69, 9.17) is 23.5 Å². The summed E-state index contributed by atoms with van der Waals surface area (Å²) >= 11 is 10.6. The molecule has 0 aliphatic rings. The van der Waals surface area contributed by atoms with E-state index in [9.17, 15) is 4.79 Å². The lowest BCUT2D eigenvalue weighted by atomic mass is 10.0. The van der Waals surface area contributed by atoms with Gasteiger partial charge in [0.05, 0.1) is 18.5 Å². The van der Waals surface area contributed by atoms with E-state index in [0.717, 1.165) is 17.5 Å². The second-order valence-electron chi connectivity index (χ2n) is 4.22. The highest BCUT2D eigenvalue weighted by atomic mass is 35.5. The van der Waals surface area contributed by atoms with E-state index in [2.05, 4.69) is 4.29 Å². The number of carbonyl (C=O) groups is 1. The summed E-state index contributed by atoms with van der Waals surface area (Å²) in [7, 11) is 0. The lowest BCUT2D eigenvalue weighted by Gasteiger charge is -2.04. The molecule has 2 rings (SSSR count). The minimum absolute atomic E-state index is 0.397. The largest absolute Gasteiger partial charge is 0.276 e. The zero-order chi connectivity index (χ0) is 13.7. The average molecular weight is 295 g/mol. The molecule has 2 aromatic rings. The molecule has 0 aliphatic carbocycles. The van der Waals surface area contributed by atoms with Crippen molar-refractivity contribution >= 4 is 28.7 Å². The van der Waals surface area contributed by atoms with Crippen LogP contribution in [0.5, 0.6) is 0 Å². The van der Waals surface area contributed by atoms with Crippen LogP contribution in [-0.4, -0.2) is 5.24 Å². The van der Waals surface area contributed by atoms with Crippen LogP contribution in [0.25, 0.3) is 0 Å². The van der Waals surface area contributed by atoms with Gasteiger partial charge in [0, 0.05) is 5.56 Å². The second kappa shape index (κ2) is 6.71. The average Bonchev–Trinajstić information content (AvgIpc) is 2.42. The van der Waals surface area contributed by atoms with Crippen molar-refractivity contribution in [3.63, 3.8) is 0 Å². The SMILES string of the molecule is O=C(Cl)c1ccc(Cc2ccc(COCl)cc2)cc1. The smallest absolute Gasteiger partial charge is 0.252 e. The van der Waals surface area contributed by atoms with Gasteiger partial charge in [0.1, 0.15) is 0 Å². The fourth-order valence-electron chi connectivity index (χ4n) is 1.81. The van der Waals surface area contributed by atoms with Gasteiger partial charge in [0.25, 0.3) is 5.24 Å². The van der Waals surface area contributed by atoms with E-state index in [1.165, 1.54) is 5.56 Å². The van der Waals surface area contributed by atoms with E-state index in [1.54, 1.807) is 12.1 Å². The van der Waals surface area contributed by atoms with Crippen LogP contribution in [0.3, 0.4) is 0 Å². The summed E-state index contributed by atoms with van der Waals surface area (Å²) in [6.07, 6.45) is 0.804. The molecule has 0 aliphatic heterocycles. The molecule has 19 heavy (non-hydrogen) atoms. The molecule has 0 saturated carbocycles. The van der Waals surface area contributed by atoms with Gasteiger partial charge in [-0.1, -0.05) is 36.4 Å². The summed E-state index contributed by atoms with van der Waals surface area (Å²) in [6, 6.07) is 15.3. The molecule has 0 radical (unpaired) electrons. The minimum Gasteiger partial charge on any atom is -0.276 e. The van der Waals surface area contributed by atoms with Gasteiger partial charge in [-0.25, -0.2) is 0 Å². The Morgan fingerprint density at radius 2 is 1.37 bits per heavy atom. The van der Waals surface area contributed by atoms with Crippen LogP contribution in [0.15, 0.2) is 48.5 Å². The van der Waals surface area contributed by atoms with Crippen LogP contribution in [0.2, 0.25) is 0 Å². The normalized spacial score (nSPS) is 10.4. The first-order valence-corrected chi connectivity index (χ1v) is 6.48. The first kappa shape index (κ1) is 14.1. The van der Waals surface area contributed by atoms with Crippen LogP contribution in [-0.2, 0) is 17.3 Å². The Bertz CT molecular complexity index is 547. The summed E-state index contributed by atoms with van der Waals surface area (Å²) in [5.41, 5.74) is 3.85. The maximum absolute atomic E-state index is 11.0. The monoisotopic (exact) mass is 294 g/mol. The van der Waals surface area contributed by atoms with E-state index in [-0.39, 0.29) is 0 Å². The topological polar surface area (TPSA) is 26.3 Å². The lowest BCUT2D eigenvalue weighted by Crippen LogP contribution is -1.92. The third kappa shape index (κ3) is 4.06. The maximum Gasteiger partial charge on any atom is 0.252 e. The van der Waals surface area contributed by atoms with Crippen LogP contribution in [0.1, 0.15) is 27.0 Å². The van der Waals surface area contributed by atoms with Crippen molar-refractivity contribution in [3.05, 3.63) is 70.8 Å². The highest BCUT2D eigenvalue weighted by molar-refractivity contribution is 6.67. The van der Waals surface area contributed by atoms with Gasteiger partial charge in [-0.3, -0.25) is 9.08 Å². The van der Waals surface area contributed by atoms with E-state index in [1.807, 2.05) is 36.4 Å². The van der Waals surface area contributed by atoms with Crippen LogP contribution in [0, 0.1) is 0 Å². The van der Waals surface area contributed by atoms with Gasteiger partial charge in [-0.05, 0) is 46.8 Å². The third-order valence-corrected chi connectivity index (χ3v) is 3.16. The third-order valence-electron chi connectivity index (χ3n) is 2.83. The molecular formula is C15H12Cl2O2. The Balaban J connectivity index is 2.06. The molecule has 2 nitrogen and oxygen atoms in total. The molecule has 0 spiro atoms. The van der Waals surface area contributed by atoms with E-state index < -0.39 is 5.24 Å². The predicted octanol–water partition coefficient (Wildman–Crippen LogP) is 4.33. The van der Waals surface area contributed by atoms with Gasteiger partial charge in [0.15, 0.2) is 0 Å². The summed E-state index contributed by atoms with van der Waals surface area (Å²) < 4.78 is 4.55. The molecule has 0 unspecified atom stereocenters. The standard InChI is InChI=1S/C15H12Cl2O2/c16-15(18)14-7-5-12(6-8-14)9-11-1-3-13(4-2-11)10-19-17/h1-8H,9-10H2. The predicted molar refractivity (Wildman–Crippen MR) is 76.5 cm³/mol. The van der Waals surface area contributed by atoms with Crippen molar-refractivity contribution < 1.29 is 9.08 Å². The quantitative estimate of drug-likeness (QED) is 0.768. The molecule has 0 bridgehead atoms. The molecule has 0 amide bonds. The van der Waals surface area contributed by atoms with E-state index in [0.29, 0.717) is 12.2 Å². The fraction of sp³-hybridized carbons (Fsp3) is 0.133. The molecule has 0 fully saturated rings. The van der Waals surface area contributed by atoms with Crippen molar-refractivity contribution in [1.29, 1.82) is 0 Å². The molecule has 0 atom stereocenters. The Morgan fingerprint density at radius 1 is 0.895 bits per heavy atom. The van der Waals surface area contributed by atoms with Crippen molar-refractivity contribution in [2.75, 3.05) is 0 Å². The van der Waals surface area contributed by atoms with Crippen molar-refractivity contribution in [2.45, 2.75) is 13.0 Å². The molecule has 98 valence electrons. The Morgan fingerprint density at radius 3 is 1.84 bits per heavy atom. The zero-order valence-corrected chi connectivity index (χ0v) is 11.6. The van der Waals surface area contributed by atoms with Gasteiger partial charge < -0.3 is 0 Å². The van der Waals surface area contributed by atoms with Crippen molar-refractivity contribution in [1.82, 2.24) is 0 Å². The van der Waals surface area contributed by atoms with E-state index >= 15 is 0 Å². The van der Waals surface area contributed by atoms with Crippen LogP contribution >= 0.6 is 23.5 Å². The Labute approximate surface area is 122 Å². The highest BCUT2D eigenvalue weighted by Crippen LogP contribution is 2.13. The Kier molecular flexibility index (Phi) is 4.97.